The Morgan fingerprint density at radius 3 is 2.65 bits per heavy atom. The number of likely N-dealkylation sites (tertiary alicyclic amines) is 1. The number of amides is 4. The summed E-state index contributed by atoms with van der Waals surface area (Å²) in [6.07, 6.45) is 6.65. The maximum Gasteiger partial charge on any atom is 0.268 e. The van der Waals surface area contributed by atoms with E-state index in [1.807, 2.05) is 0 Å². The Morgan fingerprint density at radius 1 is 1.16 bits per heavy atom. The van der Waals surface area contributed by atoms with Crippen LogP contribution in [0, 0.1) is 5.92 Å². The van der Waals surface area contributed by atoms with Crippen LogP contribution in [0.25, 0.3) is 0 Å². The van der Waals surface area contributed by atoms with Gasteiger partial charge in [-0.2, -0.15) is 0 Å². The summed E-state index contributed by atoms with van der Waals surface area (Å²) in [4.78, 5) is 55.4. The van der Waals surface area contributed by atoms with E-state index in [9.17, 15) is 19.2 Å². The standard InChI is InChI=1S/C22H29N5O4/c1-25-9-4-7-16(25)19(28)23-14-11-17-20(29)24-15-8-10-26(18(15)22(31)27(17)12-14)21(30)13-5-2-3-6-13/h4,7,9,13-15,17-18H,2-3,5-6,8,10-12H2,1H3,(H,23,28)(H,24,29). The third-order valence-electron chi connectivity index (χ3n) is 7.36. The molecule has 31 heavy (non-hydrogen) atoms. The number of hydrogen-bond donors (Lipinski definition) is 2. The van der Waals surface area contributed by atoms with Gasteiger partial charge in [0.15, 0.2) is 0 Å². The minimum absolute atomic E-state index is 0.00259. The first kappa shape index (κ1) is 20.1. The van der Waals surface area contributed by atoms with Crippen molar-refractivity contribution in [3.63, 3.8) is 0 Å². The highest BCUT2D eigenvalue weighted by molar-refractivity contribution is 5.97. The Hall–Kier alpha value is -2.84. The predicted octanol–water partition coefficient (Wildman–Crippen LogP) is 0.0139. The van der Waals surface area contributed by atoms with E-state index < -0.39 is 12.1 Å². The lowest BCUT2D eigenvalue weighted by Gasteiger charge is -2.30. The van der Waals surface area contributed by atoms with Crippen molar-refractivity contribution in [3.8, 4) is 0 Å². The van der Waals surface area contributed by atoms with Gasteiger partial charge in [-0.25, -0.2) is 0 Å². The lowest BCUT2D eigenvalue weighted by Crippen LogP contribution is -2.53. The van der Waals surface area contributed by atoms with E-state index in [4.69, 9.17) is 0 Å². The Bertz CT molecular complexity index is 921. The Kier molecular flexibility index (Phi) is 4.98. The summed E-state index contributed by atoms with van der Waals surface area (Å²) in [5, 5.41) is 5.98. The molecule has 1 aromatic heterocycles. The molecule has 4 unspecified atom stereocenters. The molecule has 0 aromatic carbocycles. The van der Waals surface area contributed by atoms with Crippen molar-refractivity contribution in [3.05, 3.63) is 24.0 Å². The molecule has 3 aliphatic heterocycles. The van der Waals surface area contributed by atoms with E-state index in [2.05, 4.69) is 10.6 Å². The zero-order valence-electron chi connectivity index (χ0n) is 17.8. The molecule has 1 aromatic rings. The quantitative estimate of drug-likeness (QED) is 0.709. The lowest BCUT2D eigenvalue weighted by molar-refractivity contribution is -0.146. The molecule has 4 amide bonds. The van der Waals surface area contributed by atoms with Crippen LogP contribution in [0.2, 0.25) is 0 Å². The largest absolute Gasteiger partial charge is 0.349 e. The van der Waals surface area contributed by atoms with Crippen LogP contribution >= 0.6 is 0 Å². The van der Waals surface area contributed by atoms with Crippen LogP contribution in [0.4, 0.5) is 0 Å². The maximum atomic E-state index is 13.5. The van der Waals surface area contributed by atoms with Gasteiger partial charge in [-0.05, 0) is 37.8 Å². The lowest BCUT2D eigenvalue weighted by atomic mass is 10.0. The van der Waals surface area contributed by atoms with Crippen LogP contribution in [-0.4, -0.2) is 75.3 Å². The molecule has 4 atom stereocenters. The zero-order chi connectivity index (χ0) is 21.7. The van der Waals surface area contributed by atoms with Gasteiger partial charge in [-0.1, -0.05) is 12.8 Å². The molecule has 4 heterocycles. The molecule has 9 heteroatoms. The summed E-state index contributed by atoms with van der Waals surface area (Å²) in [6, 6.07) is 1.65. The molecule has 166 valence electrons. The average Bonchev–Trinajstić information content (AvgIpc) is 3.52. The summed E-state index contributed by atoms with van der Waals surface area (Å²) >= 11 is 0. The van der Waals surface area contributed by atoms with Gasteiger partial charge in [0.05, 0.1) is 6.04 Å². The SMILES string of the molecule is Cn1cccc1C(=O)NC1CC2C(=O)NC3CCN(C(=O)C4CCCC4)C3C(=O)N2C1. The first-order valence-corrected chi connectivity index (χ1v) is 11.3. The Morgan fingerprint density at radius 2 is 1.94 bits per heavy atom. The molecule has 9 nitrogen and oxygen atoms in total. The first-order chi connectivity index (χ1) is 14.9. The van der Waals surface area contributed by atoms with E-state index in [0.29, 0.717) is 25.1 Å². The van der Waals surface area contributed by atoms with Crippen LogP contribution in [0.1, 0.15) is 49.0 Å². The van der Waals surface area contributed by atoms with Gasteiger partial charge in [0.25, 0.3) is 5.91 Å². The second kappa shape index (κ2) is 7.69. The van der Waals surface area contributed by atoms with Crippen LogP contribution < -0.4 is 10.6 Å². The van der Waals surface area contributed by atoms with E-state index in [0.717, 1.165) is 25.7 Å². The van der Waals surface area contributed by atoms with E-state index >= 15 is 0 Å². The fourth-order valence-corrected chi connectivity index (χ4v) is 5.74. The number of hydrogen-bond acceptors (Lipinski definition) is 4. The van der Waals surface area contributed by atoms with Crippen molar-refractivity contribution in [1.82, 2.24) is 25.0 Å². The fraction of sp³-hybridized carbons (Fsp3) is 0.636. The zero-order valence-corrected chi connectivity index (χ0v) is 17.8. The first-order valence-electron chi connectivity index (χ1n) is 11.3. The summed E-state index contributed by atoms with van der Waals surface area (Å²) in [6.45, 7) is 0.782. The van der Waals surface area contributed by atoms with Crippen LogP contribution in [-0.2, 0) is 21.4 Å². The topological polar surface area (TPSA) is 104 Å². The molecule has 1 aliphatic carbocycles. The van der Waals surface area contributed by atoms with Crippen LogP contribution in [0.15, 0.2) is 18.3 Å². The highest BCUT2D eigenvalue weighted by Crippen LogP contribution is 2.33. The van der Waals surface area contributed by atoms with Crippen molar-refractivity contribution in [2.45, 2.75) is 62.7 Å². The highest BCUT2D eigenvalue weighted by atomic mass is 16.2. The number of aryl methyl sites for hydroxylation is 1. The smallest absolute Gasteiger partial charge is 0.268 e. The highest BCUT2D eigenvalue weighted by Gasteiger charge is 2.53. The molecule has 0 radical (unpaired) electrons. The summed E-state index contributed by atoms with van der Waals surface area (Å²) in [5.41, 5.74) is 0.530. The van der Waals surface area contributed by atoms with Crippen molar-refractivity contribution >= 4 is 23.6 Å². The van der Waals surface area contributed by atoms with Gasteiger partial charge in [0.2, 0.25) is 17.7 Å². The molecule has 0 spiro atoms. The maximum absolute atomic E-state index is 13.5. The molecule has 1 saturated carbocycles. The van der Waals surface area contributed by atoms with Gasteiger partial charge in [0, 0.05) is 38.3 Å². The summed E-state index contributed by atoms with van der Waals surface area (Å²) in [5.74, 6) is -0.532. The second-order valence-electron chi connectivity index (χ2n) is 9.28. The normalized spacial score (nSPS) is 30.7. The number of nitrogens with zero attached hydrogens (tertiary/aromatic N) is 3. The number of carbonyl (C=O) groups excluding carboxylic acids is 4. The third kappa shape index (κ3) is 3.40. The summed E-state index contributed by atoms with van der Waals surface area (Å²) < 4.78 is 1.73. The van der Waals surface area contributed by atoms with Crippen molar-refractivity contribution in [2.24, 2.45) is 13.0 Å². The molecule has 0 bridgehead atoms. The van der Waals surface area contributed by atoms with E-state index in [1.165, 1.54) is 0 Å². The monoisotopic (exact) mass is 427 g/mol. The van der Waals surface area contributed by atoms with Crippen molar-refractivity contribution in [2.75, 3.05) is 13.1 Å². The van der Waals surface area contributed by atoms with Crippen LogP contribution in [0.5, 0.6) is 0 Å². The van der Waals surface area contributed by atoms with E-state index in [-0.39, 0.29) is 48.2 Å². The van der Waals surface area contributed by atoms with Crippen molar-refractivity contribution in [1.29, 1.82) is 0 Å². The Balaban J connectivity index is 1.32. The number of fused-ring (bicyclic) bond motifs is 2. The third-order valence-corrected chi connectivity index (χ3v) is 7.36. The van der Waals surface area contributed by atoms with Gasteiger partial charge in [-0.15, -0.1) is 0 Å². The molecule has 4 aliphatic rings. The number of rotatable bonds is 3. The van der Waals surface area contributed by atoms with E-state index in [1.54, 1.807) is 39.7 Å². The molecule has 4 fully saturated rings. The minimum Gasteiger partial charge on any atom is -0.349 e. The molecule has 5 rings (SSSR count). The van der Waals surface area contributed by atoms with Gasteiger partial charge in [-0.3, -0.25) is 19.2 Å². The number of carbonyl (C=O) groups is 4. The van der Waals surface area contributed by atoms with Crippen LogP contribution in [0.3, 0.4) is 0 Å². The molecule has 3 saturated heterocycles. The number of aromatic nitrogens is 1. The molecular weight excluding hydrogens is 398 g/mol. The van der Waals surface area contributed by atoms with Gasteiger partial charge < -0.3 is 25.0 Å². The molecule has 2 N–H and O–H groups in total. The fourth-order valence-electron chi connectivity index (χ4n) is 5.74. The predicted molar refractivity (Wildman–Crippen MR) is 111 cm³/mol. The Labute approximate surface area is 181 Å². The second-order valence-corrected chi connectivity index (χ2v) is 9.28. The minimum atomic E-state index is -0.635. The number of nitrogens with one attached hydrogen (secondary N) is 2. The van der Waals surface area contributed by atoms with Gasteiger partial charge >= 0.3 is 0 Å². The molecular formula is C22H29N5O4. The average molecular weight is 428 g/mol. The summed E-state index contributed by atoms with van der Waals surface area (Å²) in [7, 11) is 1.80. The van der Waals surface area contributed by atoms with Crippen molar-refractivity contribution < 1.29 is 19.2 Å². The van der Waals surface area contributed by atoms with Gasteiger partial charge in [0.1, 0.15) is 17.8 Å².